The minimum atomic E-state index is -0.509. The standard InChI is InChI=1S/C17H18FN5O.CH2O2/c1-22(2)16(12-6-8-13(18)9-7-12)17(24)19-11-15-21-20-14-5-3-4-10-23(14)15;2-1-3/h3-10,16H,11H2,1-2H3,(H,19,24);1H,(H,2,3). The highest BCUT2D eigenvalue weighted by Gasteiger charge is 2.23. The third kappa shape index (κ3) is 5.08. The number of benzene rings is 1. The van der Waals surface area contributed by atoms with Gasteiger partial charge in [-0.1, -0.05) is 18.2 Å². The van der Waals surface area contributed by atoms with Crippen LogP contribution in [-0.2, 0) is 16.1 Å². The van der Waals surface area contributed by atoms with Crippen molar-refractivity contribution in [2.75, 3.05) is 14.1 Å². The molecule has 2 heterocycles. The molecule has 1 amide bonds. The lowest BCUT2D eigenvalue weighted by Gasteiger charge is -2.23. The van der Waals surface area contributed by atoms with Crippen LogP contribution < -0.4 is 5.32 Å². The van der Waals surface area contributed by atoms with E-state index in [2.05, 4.69) is 15.5 Å². The summed E-state index contributed by atoms with van der Waals surface area (Å²) >= 11 is 0. The molecule has 1 unspecified atom stereocenters. The van der Waals surface area contributed by atoms with E-state index in [9.17, 15) is 9.18 Å². The predicted octanol–water partition coefficient (Wildman–Crippen LogP) is 1.49. The molecule has 0 aliphatic carbocycles. The molecule has 8 nitrogen and oxygen atoms in total. The van der Waals surface area contributed by atoms with Crippen molar-refractivity contribution in [2.45, 2.75) is 12.6 Å². The van der Waals surface area contributed by atoms with Crippen LogP contribution in [0.15, 0.2) is 48.7 Å². The van der Waals surface area contributed by atoms with Crippen LogP contribution in [-0.4, -0.2) is 51.1 Å². The second-order valence-corrected chi connectivity index (χ2v) is 5.79. The molecule has 0 bridgehead atoms. The van der Waals surface area contributed by atoms with Crippen molar-refractivity contribution in [1.82, 2.24) is 24.8 Å². The van der Waals surface area contributed by atoms with Gasteiger partial charge >= 0.3 is 0 Å². The third-order valence-corrected chi connectivity index (χ3v) is 3.76. The first-order valence-corrected chi connectivity index (χ1v) is 8.04. The summed E-state index contributed by atoms with van der Waals surface area (Å²) in [5.41, 5.74) is 1.45. The summed E-state index contributed by atoms with van der Waals surface area (Å²) in [6.45, 7) is 0.00947. The number of carbonyl (C=O) groups excluding carboxylic acids is 1. The number of hydrogen-bond acceptors (Lipinski definition) is 5. The smallest absolute Gasteiger partial charge is 0.290 e. The predicted molar refractivity (Wildman–Crippen MR) is 96.4 cm³/mol. The Morgan fingerprint density at radius 1 is 1.26 bits per heavy atom. The summed E-state index contributed by atoms with van der Waals surface area (Å²) in [7, 11) is 3.61. The topological polar surface area (TPSA) is 99.8 Å². The van der Waals surface area contributed by atoms with Gasteiger partial charge in [-0.2, -0.15) is 0 Å². The molecule has 0 saturated carbocycles. The number of pyridine rings is 1. The highest BCUT2D eigenvalue weighted by atomic mass is 19.1. The van der Waals surface area contributed by atoms with Gasteiger partial charge in [0.2, 0.25) is 5.91 Å². The van der Waals surface area contributed by atoms with Gasteiger partial charge in [-0.3, -0.25) is 18.9 Å². The van der Waals surface area contributed by atoms with Gasteiger partial charge in [0, 0.05) is 6.20 Å². The first-order valence-electron chi connectivity index (χ1n) is 8.04. The third-order valence-electron chi connectivity index (χ3n) is 3.76. The normalized spacial score (nSPS) is 11.6. The Hall–Kier alpha value is -3.33. The van der Waals surface area contributed by atoms with Gasteiger partial charge in [-0.15, -0.1) is 10.2 Å². The van der Waals surface area contributed by atoms with E-state index in [1.165, 1.54) is 12.1 Å². The largest absolute Gasteiger partial charge is 0.483 e. The summed E-state index contributed by atoms with van der Waals surface area (Å²) in [6.07, 6.45) is 1.85. The maximum atomic E-state index is 13.1. The molecule has 27 heavy (non-hydrogen) atoms. The van der Waals surface area contributed by atoms with E-state index >= 15 is 0 Å². The average Bonchev–Trinajstić information content (AvgIpc) is 3.05. The van der Waals surface area contributed by atoms with Crippen LogP contribution in [0, 0.1) is 5.82 Å². The fourth-order valence-electron chi connectivity index (χ4n) is 2.60. The van der Waals surface area contributed by atoms with E-state index < -0.39 is 6.04 Å². The molecule has 0 aliphatic heterocycles. The fourth-order valence-corrected chi connectivity index (χ4v) is 2.60. The first kappa shape index (κ1) is 20.0. The van der Waals surface area contributed by atoms with Gasteiger partial charge in [0.25, 0.3) is 6.47 Å². The summed E-state index contributed by atoms with van der Waals surface area (Å²) in [6, 6.07) is 11.0. The van der Waals surface area contributed by atoms with E-state index in [1.54, 1.807) is 31.1 Å². The Morgan fingerprint density at radius 3 is 2.56 bits per heavy atom. The summed E-state index contributed by atoms with van der Waals surface area (Å²) in [5, 5.41) is 17.9. The van der Waals surface area contributed by atoms with Crippen molar-refractivity contribution < 1.29 is 19.1 Å². The number of carbonyl (C=O) groups is 2. The molecule has 0 saturated heterocycles. The van der Waals surface area contributed by atoms with Crippen molar-refractivity contribution in [3.05, 3.63) is 65.9 Å². The molecule has 0 aliphatic rings. The second-order valence-electron chi connectivity index (χ2n) is 5.79. The SMILES string of the molecule is CN(C)C(C(=O)NCc1nnc2ccccn12)c1ccc(F)cc1.O=CO. The lowest BCUT2D eigenvalue weighted by Crippen LogP contribution is -2.37. The van der Waals surface area contributed by atoms with E-state index in [0.29, 0.717) is 5.82 Å². The fraction of sp³-hybridized carbons (Fsp3) is 0.222. The minimum Gasteiger partial charge on any atom is -0.483 e. The van der Waals surface area contributed by atoms with Crippen LogP contribution in [0.3, 0.4) is 0 Å². The molecule has 0 spiro atoms. The van der Waals surface area contributed by atoms with E-state index in [1.807, 2.05) is 28.8 Å². The number of halogens is 1. The Balaban J connectivity index is 0.000000817. The Kier molecular flexibility index (Phi) is 6.95. The maximum absolute atomic E-state index is 13.1. The first-order chi connectivity index (χ1) is 13.0. The lowest BCUT2D eigenvalue weighted by molar-refractivity contribution is -0.126. The zero-order chi connectivity index (χ0) is 19.8. The number of rotatable bonds is 5. The summed E-state index contributed by atoms with van der Waals surface area (Å²) in [4.78, 5) is 22.7. The van der Waals surface area contributed by atoms with Crippen LogP contribution in [0.1, 0.15) is 17.4 Å². The summed E-state index contributed by atoms with van der Waals surface area (Å²) in [5.74, 6) is 0.140. The average molecular weight is 373 g/mol. The molecular formula is C18H20FN5O3. The van der Waals surface area contributed by atoms with Crippen LogP contribution in [0.2, 0.25) is 0 Å². The number of carboxylic acid groups (broad SMARTS) is 1. The molecule has 9 heteroatoms. The minimum absolute atomic E-state index is 0.181. The van der Waals surface area contributed by atoms with Crippen molar-refractivity contribution in [2.24, 2.45) is 0 Å². The second kappa shape index (κ2) is 9.39. The molecule has 0 radical (unpaired) electrons. The van der Waals surface area contributed by atoms with E-state index in [-0.39, 0.29) is 24.7 Å². The molecule has 3 aromatic rings. The quantitative estimate of drug-likeness (QED) is 0.658. The van der Waals surface area contributed by atoms with Gasteiger partial charge < -0.3 is 10.4 Å². The monoisotopic (exact) mass is 373 g/mol. The zero-order valence-corrected chi connectivity index (χ0v) is 14.9. The maximum Gasteiger partial charge on any atom is 0.290 e. The highest BCUT2D eigenvalue weighted by Crippen LogP contribution is 2.19. The molecular weight excluding hydrogens is 353 g/mol. The van der Waals surface area contributed by atoms with E-state index in [4.69, 9.17) is 9.90 Å². The van der Waals surface area contributed by atoms with Crippen molar-refractivity contribution in [3.63, 3.8) is 0 Å². The van der Waals surface area contributed by atoms with Crippen LogP contribution >= 0.6 is 0 Å². The van der Waals surface area contributed by atoms with Gasteiger partial charge in [0.05, 0.1) is 6.54 Å². The van der Waals surface area contributed by atoms with Crippen molar-refractivity contribution >= 4 is 18.0 Å². The van der Waals surface area contributed by atoms with Crippen LogP contribution in [0.25, 0.3) is 5.65 Å². The number of amides is 1. The molecule has 2 aromatic heterocycles. The number of hydrogen-bond donors (Lipinski definition) is 2. The van der Waals surface area contributed by atoms with Crippen molar-refractivity contribution in [1.29, 1.82) is 0 Å². The number of aromatic nitrogens is 3. The lowest BCUT2D eigenvalue weighted by atomic mass is 10.1. The van der Waals surface area contributed by atoms with Gasteiger partial charge in [-0.05, 0) is 43.9 Å². The zero-order valence-electron chi connectivity index (χ0n) is 14.9. The number of likely N-dealkylation sites (N-methyl/N-ethyl adjacent to an activating group) is 1. The Morgan fingerprint density at radius 2 is 1.93 bits per heavy atom. The highest BCUT2D eigenvalue weighted by molar-refractivity contribution is 5.83. The van der Waals surface area contributed by atoms with Crippen molar-refractivity contribution in [3.8, 4) is 0 Å². The molecule has 1 aromatic carbocycles. The van der Waals surface area contributed by atoms with Gasteiger partial charge in [0.1, 0.15) is 11.9 Å². The molecule has 1 atom stereocenters. The Labute approximate surface area is 155 Å². The van der Waals surface area contributed by atoms with Crippen LogP contribution in [0.4, 0.5) is 4.39 Å². The number of nitrogens with one attached hydrogen (secondary N) is 1. The molecule has 2 N–H and O–H groups in total. The number of fused-ring (bicyclic) bond motifs is 1. The molecule has 0 fully saturated rings. The molecule has 142 valence electrons. The Bertz CT molecular complexity index is 895. The van der Waals surface area contributed by atoms with Gasteiger partial charge in [-0.25, -0.2) is 4.39 Å². The number of nitrogens with zero attached hydrogens (tertiary/aromatic N) is 4. The van der Waals surface area contributed by atoms with Gasteiger partial charge in [0.15, 0.2) is 11.5 Å². The van der Waals surface area contributed by atoms with E-state index in [0.717, 1.165) is 11.2 Å². The summed E-state index contributed by atoms with van der Waals surface area (Å²) < 4.78 is 14.9. The van der Waals surface area contributed by atoms with Crippen LogP contribution in [0.5, 0.6) is 0 Å². The molecule has 3 rings (SSSR count).